The molecule has 2 aromatic carbocycles. The Labute approximate surface area is 155 Å². The van der Waals surface area contributed by atoms with E-state index < -0.39 is 11.9 Å². The summed E-state index contributed by atoms with van der Waals surface area (Å²) in [4.78, 5) is 23.7. The van der Waals surface area contributed by atoms with E-state index >= 15 is 0 Å². The van der Waals surface area contributed by atoms with Gasteiger partial charge in [-0.3, -0.25) is 4.79 Å². The predicted octanol–water partition coefficient (Wildman–Crippen LogP) is 4.08. The average molecular weight is 455 g/mol. The zero-order valence-corrected chi connectivity index (χ0v) is 15.7. The van der Waals surface area contributed by atoms with Gasteiger partial charge in [-0.2, -0.15) is 0 Å². The lowest BCUT2D eigenvalue weighted by molar-refractivity contribution is -0.132. The first kappa shape index (κ1) is 18.2. The van der Waals surface area contributed by atoms with Gasteiger partial charge in [0.25, 0.3) is 5.91 Å². The summed E-state index contributed by atoms with van der Waals surface area (Å²) < 4.78 is 6.68. The second-order valence-corrected chi connectivity index (χ2v) is 6.46. The smallest absolute Gasteiger partial charge is 0.352 e. The lowest BCUT2D eigenvalue weighted by Crippen LogP contribution is -2.27. The predicted molar refractivity (Wildman–Crippen MR) is 97.9 cm³/mol. The van der Waals surface area contributed by atoms with Crippen molar-refractivity contribution in [3.63, 3.8) is 0 Å². The number of methoxy groups -OCH3 is 1. The van der Waals surface area contributed by atoms with Crippen molar-refractivity contribution in [3.8, 4) is 5.75 Å². The number of carbonyl (C=O) groups excluding carboxylic acids is 1. The Hall–Kier alpha value is -2.12. The number of hydrogen-bond donors (Lipinski definition) is 2. The molecule has 0 unspecified atom stereocenters. The molecule has 0 bridgehead atoms. The van der Waals surface area contributed by atoms with Crippen molar-refractivity contribution in [2.75, 3.05) is 7.11 Å². The van der Waals surface area contributed by atoms with E-state index in [0.717, 1.165) is 4.47 Å². The number of rotatable bonds is 5. The van der Waals surface area contributed by atoms with Crippen molar-refractivity contribution in [3.05, 3.63) is 68.2 Å². The molecule has 0 fully saturated rings. The molecule has 2 aromatic rings. The maximum atomic E-state index is 12.2. The summed E-state index contributed by atoms with van der Waals surface area (Å²) in [6.07, 6.45) is 1.34. The number of benzene rings is 2. The van der Waals surface area contributed by atoms with E-state index in [9.17, 15) is 14.7 Å². The average Bonchev–Trinajstić information content (AvgIpc) is 2.54. The Bertz CT molecular complexity index is 804. The lowest BCUT2D eigenvalue weighted by atomic mass is 10.1. The summed E-state index contributed by atoms with van der Waals surface area (Å²) >= 11 is 6.69. The molecule has 0 atom stereocenters. The molecule has 0 saturated heterocycles. The molecule has 0 aliphatic carbocycles. The van der Waals surface area contributed by atoms with Gasteiger partial charge in [0.15, 0.2) is 0 Å². The van der Waals surface area contributed by atoms with Gasteiger partial charge in [0.1, 0.15) is 11.4 Å². The molecular formula is C17H13Br2NO4. The molecule has 1 amide bonds. The highest BCUT2D eigenvalue weighted by atomic mass is 79.9. The van der Waals surface area contributed by atoms with Crippen molar-refractivity contribution in [1.29, 1.82) is 0 Å². The quantitative estimate of drug-likeness (QED) is 0.667. The third-order valence-electron chi connectivity index (χ3n) is 3.06. The number of hydrogen-bond acceptors (Lipinski definition) is 3. The van der Waals surface area contributed by atoms with E-state index in [2.05, 4.69) is 37.2 Å². The normalized spacial score (nSPS) is 11.0. The minimum atomic E-state index is -1.25. The third kappa shape index (κ3) is 4.46. The summed E-state index contributed by atoms with van der Waals surface area (Å²) in [7, 11) is 1.48. The third-order valence-corrected chi connectivity index (χ3v) is 4.10. The van der Waals surface area contributed by atoms with Crippen molar-refractivity contribution < 1.29 is 19.4 Å². The van der Waals surface area contributed by atoms with Crippen LogP contribution in [0.4, 0.5) is 0 Å². The van der Waals surface area contributed by atoms with Gasteiger partial charge in [0, 0.05) is 15.6 Å². The Balaban J connectivity index is 2.40. The van der Waals surface area contributed by atoms with E-state index in [1.807, 2.05) is 0 Å². The van der Waals surface area contributed by atoms with Crippen LogP contribution in [0.2, 0.25) is 0 Å². The number of carboxylic acid groups (broad SMARTS) is 1. The topological polar surface area (TPSA) is 75.6 Å². The number of ether oxygens (including phenoxy) is 1. The fourth-order valence-electron chi connectivity index (χ4n) is 1.99. The fraction of sp³-hybridized carbons (Fsp3) is 0.0588. The van der Waals surface area contributed by atoms with E-state index in [-0.39, 0.29) is 5.70 Å². The molecule has 0 heterocycles. The van der Waals surface area contributed by atoms with E-state index in [4.69, 9.17) is 4.74 Å². The van der Waals surface area contributed by atoms with Crippen LogP contribution in [0.15, 0.2) is 57.1 Å². The number of nitrogens with one attached hydrogen (secondary N) is 1. The number of amides is 1. The van der Waals surface area contributed by atoms with Crippen LogP contribution in [0, 0.1) is 0 Å². The lowest BCUT2D eigenvalue weighted by Gasteiger charge is -2.10. The van der Waals surface area contributed by atoms with Crippen LogP contribution >= 0.6 is 31.9 Å². The molecule has 24 heavy (non-hydrogen) atoms. The summed E-state index contributed by atoms with van der Waals surface area (Å²) in [6, 6.07) is 11.9. The van der Waals surface area contributed by atoms with Gasteiger partial charge in [-0.15, -0.1) is 0 Å². The molecule has 0 aromatic heterocycles. The Morgan fingerprint density at radius 3 is 2.42 bits per heavy atom. The maximum Gasteiger partial charge on any atom is 0.352 e. The highest BCUT2D eigenvalue weighted by Gasteiger charge is 2.15. The van der Waals surface area contributed by atoms with Crippen LogP contribution in [0.5, 0.6) is 5.75 Å². The molecule has 0 saturated carbocycles. The molecule has 0 aliphatic rings. The summed E-state index contributed by atoms with van der Waals surface area (Å²) in [6.45, 7) is 0. The van der Waals surface area contributed by atoms with Crippen LogP contribution in [0.3, 0.4) is 0 Å². The van der Waals surface area contributed by atoms with Gasteiger partial charge < -0.3 is 15.2 Å². The highest BCUT2D eigenvalue weighted by molar-refractivity contribution is 9.11. The first-order valence-corrected chi connectivity index (χ1v) is 8.35. The zero-order chi connectivity index (χ0) is 17.7. The maximum absolute atomic E-state index is 12.2. The van der Waals surface area contributed by atoms with Crippen molar-refractivity contribution in [2.45, 2.75) is 0 Å². The molecular weight excluding hydrogens is 442 g/mol. The first-order chi connectivity index (χ1) is 11.4. The van der Waals surface area contributed by atoms with Crippen molar-refractivity contribution in [2.24, 2.45) is 0 Å². The standard InChI is InChI=1S/C17H13Br2NO4/c1-24-15-11(7-12(18)9-13(15)19)8-14(17(22)23)20-16(21)10-5-3-2-4-6-10/h2-9H,1H3,(H,20,21)(H,22,23). The minimum Gasteiger partial charge on any atom is -0.495 e. The first-order valence-electron chi connectivity index (χ1n) is 6.76. The van der Waals surface area contributed by atoms with E-state index in [0.29, 0.717) is 21.3 Å². The summed E-state index contributed by atoms with van der Waals surface area (Å²) in [5.74, 6) is -1.29. The Kier molecular flexibility index (Phi) is 6.16. The van der Waals surface area contributed by atoms with Gasteiger partial charge in [-0.25, -0.2) is 4.79 Å². The Morgan fingerprint density at radius 1 is 1.17 bits per heavy atom. The van der Waals surface area contributed by atoms with Gasteiger partial charge >= 0.3 is 5.97 Å². The molecule has 2 rings (SSSR count). The van der Waals surface area contributed by atoms with E-state index in [1.165, 1.54) is 13.2 Å². The molecule has 5 nitrogen and oxygen atoms in total. The summed E-state index contributed by atoms with van der Waals surface area (Å²) in [5, 5.41) is 11.8. The molecule has 2 N–H and O–H groups in total. The SMILES string of the molecule is COc1c(Br)cc(Br)cc1C=C(NC(=O)c1ccccc1)C(=O)O. The van der Waals surface area contributed by atoms with Crippen LogP contribution in [0.1, 0.15) is 15.9 Å². The number of carboxylic acids is 1. The van der Waals surface area contributed by atoms with E-state index in [1.54, 1.807) is 42.5 Å². The number of aliphatic carboxylic acids is 1. The fourth-order valence-corrected chi connectivity index (χ4v) is 3.41. The highest BCUT2D eigenvalue weighted by Crippen LogP contribution is 2.33. The summed E-state index contributed by atoms with van der Waals surface area (Å²) in [5.41, 5.74) is 0.615. The Morgan fingerprint density at radius 2 is 1.83 bits per heavy atom. The minimum absolute atomic E-state index is 0.257. The van der Waals surface area contributed by atoms with Gasteiger partial charge in [0.05, 0.1) is 11.6 Å². The second kappa shape index (κ2) is 8.12. The van der Waals surface area contributed by atoms with Crippen molar-refractivity contribution in [1.82, 2.24) is 5.32 Å². The molecule has 0 aliphatic heterocycles. The van der Waals surface area contributed by atoms with Crippen LogP contribution in [0.25, 0.3) is 6.08 Å². The zero-order valence-electron chi connectivity index (χ0n) is 12.5. The second-order valence-electron chi connectivity index (χ2n) is 4.69. The molecule has 124 valence electrons. The number of carbonyl (C=O) groups is 2. The van der Waals surface area contributed by atoms with Crippen molar-refractivity contribution >= 4 is 49.8 Å². The molecule has 7 heteroatoms. The van der Waals surface area contributed by atoms with Crippen LogP contribution < -0.4 is 10.1 Å². The molecule has 0 spiro atoms. The van der Waals surface area contributed by atoms with Crippen LogP contribution in [-0.2, 0) is 4.79 Å². The van der Waals surface area contributed by atoms with Gasteiger partial charge in [-0.1, -0.05) is 34.1 Å². The number of halogens is 2. The molecule has 0 radical (unpaired) electrons. The largest absolute Gasteiger partial charge is 0.495 e. The van der Waals surface area contributed by atoms with Crippen LogP contribution in [-0.4, -0.2) is 24.1 Å². The monoisotopic (exact) mass is 453 g/mol. The van der Waals surface area contributed by atoms with Gasteiger partial charge in [-0.05, 0) is 46.3 Å². The van der Waals surface area contributed by atoms with Gasteiger partial charge in [0.2, 0.25) is 0 Å².